The van der Waals surface area contributed by atoms with Gasteiger partial charge in [0, 0.05) is 15.7 Å². The molecule has 1 heterocycles. The molecule has 0 saturated heterocycles. The van der Waals surface area contributed by atoms with Crippen LogP contribution in [-0.4, -0.2) is 10.9 Å². The van der Waals surface area contributed by atoms with E-state index in [1.807, 2.05) is 0 Å². The van der Waals surface area contributed by atoms with E-state index in [4.69, 9.17) is 34.8 Å². The normalized spacial score (nSPS) is 10.3. The summed E-state index contributed by atoms with van der Waals surface area (Å²) in [6, 6.07) is 5.53. The fourth-order valence-electron chi connectivity index (χ4n) is 1.41. The predicted molar refractivity (Wildman–Crippen MR) is 73.6 cm³/mol. The van der Waals surface area contributed by atoms with Crippen LogP contribution in [0.3, 0.4) is 0 Å². The van der Waals surface area contributed by atoms with Crippen molar-refractivity contribution in [2.75, 3.05) is 5.32 Å². The summed E-state index contributed by atoms with van der Waals surface area (Å²) in [5.74, 6) is -1.26. The van der Waals surface area contributed by atoms with Crippen LogP contribution in [0.4, 0.5) is 10.1 Å². The zero-order chi connectivity index (χ0) is 14.0. The second kappa shape index (κ2) is 5.74. The topological polar surface area (TPSA) is 42.0 Å². The molecule has 1 aromatic carbocycles. The third kappa shape index (κ3) is 3.56. The number of pyridine rings is 1. The minimum Gasteiger partial charge on any atom is -0.322 e. The Hall–Kier alpha value is -1.36. The maximum atomic E-state index is 13.0. The van der Waals surface area contributed by atoms with E-state index in [2.05, 4.69) is 10.3 Å². The van der Waals surface area contributed by atoms with Crippen molar-refractivity contribution in [2.24, 2.45) is 0 Å². The molecule has 0 aliphatic heterocycles. The van der Waals surface area contributed by atoms with Gasteiger partial charge in [-0.15, -0.1) is 0 Å². The highest BCUT2D eigenvalue weighted by atomic mass is 35.5. The number of carbonyl (C=O) groups is 1. The quantitative estimate of drug-likeness (QED) is 0.832. The summed E-state index contributed by atoms with van der Waals surface area (Å²) in [5.41, 5.74) is 0.306. The number of rotatable bonds is 2. The molecule has 0 spiro atoms. The lowest BCUT2D eigenvalue weighted by Gasteiger charge is -2.07. The third-order valence-electron chi connectivity index (χ3n) is 2.17. The van der Waals surface area contributed by atoms with Crippen LogP contribution in [0.5, 0.6) is 0 Å². The Balaban J connectivity index is 2.28. The molecule has 1 aromatic heterocycles. The van der Waals surface area contributed by atoms with Crippen molar-refractivity contribution in [3.63, 3.8) is 0 Å². The average molecular weight is 320 g/mol. The largest absolute Gasteiger partial charge is 0.322 e. The van der Waals surface area contributed by atoms with E-state index >= 15 is 0 Å². The van der Waals surface area contributed by atoms with Crippen molar-refractivity contribution >= 4 is 46.4 Å². The van der Waals surface area contributed by atoms with E-state index in [1.54, 1.807) is 0 Å². The monoisotopic (exact) mass is 318 g/mol. The van der Waals surface area contributed by atoms with Crippen molar-refractivity contribution in [3.05, 3.63) is 57.0 Å². The number of nitrogens with one attached hydrogen (secondary N) is 1. The molecule has 0 fully saturated rings. The number of hydrogen-bond donors (Lipinski definition) is 1. The number of aromatic nitrogens is 1. The van der Waals surface area contributed by atoms with Gasteiger partial charge in [0.05, 0.1) is 11.8 Å². The fourth-order valence-corrected chi connectivity index (χ4v) is 2.12. The summed E-state index contributed by atoms with van der Waals surface area (Å²) < 4.78 is 13.0. The fraction of sp³-hybridized carbons (Fsp3) is 0. The lowest BCUT2D eigenvalue weighted by molar-refractivity contribution is 0.102. The number of carbonyl (C=O) groups excluding carboxylic acids is 1. The Morgan fingerprint density at radius 2 is 1.74 bits per heavy atom. The molecule has 19 heavy (non-hydrogen) atoms. The van der Waals surface area contributed by atoms with E-state index in [0.29, 0.717) is 15.7 Å². The number of hydrogen-bond acceptors (Lipinski definition) is 2. The molecule has 1 N–H and O–H groups in total. The summed E-state index contributed by atoms with van der Waals surface area (Å²) in [6.45, 7) is 0. The molecule has 0 radical (unpaired) electrons. The van der Waals surface area contributed by atoms with Gasteiger partial charge in [-0.3, -0.25) is 4.79 Å². The first-order valence-electron chi connectivity index (χ1n) is 5.04. The van der Waals surface area contributed by atoms with Crippen LogP contribution < -0.4 is 5.32 Å². The Morgan fingerprint density at radius 1 is 1.11 bits per heavy atom. The third-order valence-corrected chi connectivity index (χ3v) is 2.91. The van der Waals surface area contributed by atoms with Gasteiger partial charge in [-0.2, -0.15) is 0 Å². The number of nitrogens with zero attached hydrogens (tertiary/aromatic N) is 1. The predicted octanol–water partition coefficient (Wildman–Crippen LogP) is 4.43. The zero-order valence-corrected chi connectivity index (χ0v) is 11.5. The van der Waals surface area contributed by atoms with Crippen LogP contribution in [0.1, 0.15) is 10.4 Å². The van der Waals surface area contributed by atoms with Crippen molar-refractivity contribution in [1.29, 1.82) is 0 Å². The molecule has 98 valence electrons. The highest BCUT2D eigenvalue weighted by molar-refractivity contribution is 6.35. The summed E-state index contributed by atoms with van der Waals surface area (Å²) in [7, 11) is 0. The SMILES string of the molecule is O=C(Nc1cc(Cl)cc(Cl)c1)c1cc(F)cnc1Cl. The highest BCUT2D eigenvalue weighted by Crippen LogP contribution is 2.23. The molecule has 0 bridgehead atoms. The molecule has 3 nitrogen and oxygen atoms in total. The van der Waals surface area contributed by atoms with Gasteiger partial charge in [0.15, 0.2) is 0 Å². The van der Waals surface area contributed by atoms with Crippen LogP contribution in [0.2, 0.25) is 15.2 Å². The summed E-state index contributed by atoms with van der Waals surface area (Å²) in [5, 5.41) is 3.15. The molecule has 7 heteroatoms. The maximum absolute atomic E-state index is 13.0. The van der Waals surface area contributed by atoms with Gasteiger partial charge in [0.2, 0.25) is 0 Å². The molecular formula is C12H6Cl3FN2O. The number of benzene rings is 1. The molecule has 0 saturated carbocycles. The summed E-state index contributed by atoms with van der Waals surface area (Å²) >= 11 is 17.3. The Labute approximate surface area is 123 Å². The average Bonchev–Trinajstić information content (AvgIpc) is 2.30. The molecule has 0 unspecified atom stereocenters. The number of anilines is 1. The summed E-state index contributed by atoms with van der Waals surface area (Å²) in [6.07, 6.45) is 0.926. The second-order valence-corrected chi connectivity index (χ2v) is 4.84. The lowest BCUT2D eigenvalue weighted by atomic mass is 10.2. The first-order chi connectivity index (χ1) is 8.95. The number of amides is 1. The summed E-state index contributed by atoms with van der Waals surface area (Å²) in [4.78, 5) is 15.5. The van der Waals surface area contributed by atoms with Gasteiger partial charge in [-0.05, 0) is 24.3 Å². The Morgan fingerprint density at radius 3 is 2.37 bits per heavy atom. The van der Waals surface area contributed by atoms with E-state index in [-0.39, 0.29) is 10.7 Å². The molecule has 0 atom stereocenters. The van der Waals surface area contributed by atoms with Crippen molar-refractivity contribution in [2.45, 2.75) is 0 Å². The molecule has 2 rings (SSSR count). The van der Waals surface area contributed by atoms with Gasteiger partial charge >= 0.3 is 0 Å². The zero-order valence-electron chi connectivity index (χ0n) is 9.25. The minimum absolute atomic E-state index is 0.0715. The van der Waals surface area contributed by atoms with Gasteiger partial charge in [0.25, 0.3) is 5.91 Å². The van der Waals surface area contributed by atoms with Gasteiger partial charge in [-0.1, -0.05) is 34.8 Å². The van der Waals surface area contributed by atoms with Gasteiger partial charge in [-0.25, -0.2) is 9.37 Å². The molecule has 2 aromatic rings. The molecule has 0 aliphatic rings. The van der Waals surface area contributed by atoms with Crippen molar-refractivity contribution in [1.82, 2.24) is 4.98 Å². The lowest BCUT2D eigenvalue weighted by Crippen LogP contribution is -2.13. The Bertz CT molecular complexity index is 629. The minimum atomic E-state index is -0.654. The Kier molecular flexibility index (Phi) is 4.24. The smallest absolute Gasteiger partial charge is 0.258 e. The highest BCUT2D eigenvalue weighted by Gasteiger charge is 2.13. The van der Waals surface area contributed by atoms with Crippen LogP contribution >= 0.6 is 34.8 Å². The molecule has 1 amide bonds. The van der Waals surface area contributed by atoms with Gasteiger partial charge in [0.1, 0.15) is 11.0 Å². The van der Waals surface area contributed by atoms with Crippen LogP contribution in [0.25, 0.3) is 0 Å². The number of halogens is 4. The molecular weight excluding hydrogens is 314 g/mol. The van der Waals surface area contributed by atoms with Crippen LogP contribution in [0.15, 0.2) is 30.5 Å². The first kappa shape index (κ1) is 14.1. The van der Waals surface area contributed by atoms with E-state index < -0.39 is 11.7 Å². The second-order valence-electron chi connectivity index (χ2n) is 3.60. The van der Waals surface area contributed by atoms with E-state index in [0.717, 1.165) is 12.3 Å². The van der Waals surface area contributed by atoms with Crippen LogP contribution in [0, 0.1) is 5.82 Å². The first-order valence-corrected chi connectivity index (χ1v) is 6.17. The van der Waals surface area contributed by atoms with E-state index in [1.165, 1.54) is 18.2 Å². The van der Waals surface area contributed by atoms with Gasteiger partial charge < -0.3 is 5.32 Å². The van der Waals surface area contributed by atoms with Crippen LogP contribution in [-0.2, 0) is 0 Å². The van der Waals surface area contributed by atoms with Crippen molar-refractivity contribution in [3.8, 4) is 0 Å². The van der Waals surface area contributed by atoms with Crippen molar-refractivity contribution < 1.29 is 9.18 Å². The standard InChI is InChI=1S/C12H6Cl3FN2O/c13-6-1-7(14)3-9(2-6)18-12(19)10-4-8(16)5-17-11(10)15/h1-5H,(H,18,19). The maximum Gasteiger partial charge on any atom is 0.258 e. The van der Waals surface area contributed by atoms with E-state index in [9.17, 15) is 9.18 Å². The molecule has 0 aliphatic carbocycles.